The first-order valence-electron chi connectivity index (χ1n) is 11.8. The lowest BCUT2D eigenvalue weighted by atomic mass is 9.69. The summed E-state index contributed by atoms with van der Waals surface area (Å²) in [5.41, 5.74) is 4.30. The molecule has 0 fully saturated rings. The van der Waals surface area contributed by atoms with Gasteiger partial charge in [0.1, 0.15) is 23.0 Å². The van der Waals surface area contributed by atoms with Gasteiger partial charge >= 0.3 is 14.2 Å². The zero-order valence-corrected chi connectivity index (χ0v) is 20.3. The molecule has 2 bridgehead atoms. The van der Waals surface area contributed by atoms with Crippen LogP contribution in [0.15, 0.2) is 94.9 Å². The van der Waals surface area contributed by atoms with Gasteiger partial charge in [-0.25, -0.2) is 0 Å². The fourth-order valence-electron chi connectivity index (χ4n) is 4.41. The molecule has 0 saturated carbocycles. The Morgan fingerprint density at radius 2 is 1.03 bits per heavy atom. The number of nitrogens with zero attached hydrogens (tertiary/aromatic N) is 2. The van der Waals surface area contributed by atoms with Crippen LogP contribution in [0.25, 0.3) is 0 Å². The molecule has 0 atom stereocenters. The summed E-state index contributed by atoms with van der Waals surface area (Å²) >= 11 is 0. The first kappa shape index (κ1) is 22.9. The zero-order chi connectivity index (χ0) is 25.2. The number of hydrogen-bond acceptors (Lipinski definition) is 7. The zero-order valence-electron chi connectivity index (χ0n) is 20.3. The molecule has 9 heteroatoms. The molecule has 0 amide bonds. The van der Waals surface area contributed by atoms with Crippen LogP contribution < -0.4 is 29.7 Å². The molecule has 2 aliphatic rings. The number of ether oxygens (including phenoxy) is 2. The molecular formula is C28H22B2N2O5. The number of rotatable bonds is 2. The molecule has 6 rings (SSSR count). The van der Waals surface area contributed by atoms with Gasteiger partial charge in [-0.1, -0.05) is 48.5 Å². The molecule has 7 nitrogen and oxygen atoms in total. The molecule has 0 unspecified atom stereocenters. The van der Waals surface area contributed by atoms with Crippen LogP contribution in [0, 0.1) is 0 Å². The molecule has 0 aliphatic carbocycles. The molecule has 0 N–H and O–H groups in total. The van der Waals surface area contributed by atoms with Gasteiger partial charge in [-0.2, -0.15) is 0 Å². The van der Waals surface area contributed by atoms with E-state index in [1.54, 1.807) is 26.6 Å². The lowest BCUT2D eigenvalue weighted by molar-refractivity contribution is 0.381. The van der Waals surface area contributed by atoms with Crippen LogP contribution in [0.4, 0.5) is 11.4 Å². The van der Waals surface area contributed by atoms with E-state index in [2.05, 4.69) is 0 Å². The Morgan fingerprint density at radius 1 is 0.568 bits per heavy atom. The van der Waals surface area contributed by atoms with Crippen LogP contribution in [-0.4, -0.2) is 40.9 Å². The van der Waals surface area contributed by atoms with Crippen LogP contribution in [0.3, 0.4) is 0 Å². The minimum atomic E-state index is -0.851. The standard InChI is InChI=1S/C28H22B2N2O5/c1-33-25-13-7-15-27-19(25)17-31-23-11-5-3-9-21(23)30-36-28-16-8-14-26(34-2)20(28)18-32-24-12-6-4-10-22(24)29(35-27)37-30/h3-18H,1-2H3. The summed E-state index contributed by atoms with van der Waals surface area (Å²) in [5.74, 6) is 2.40. The average Bonchev–Trinajstić information content (AvgIpc) is 2.94. The maximum absolute atomic E-state index is 6.64. The first-order chi connectivity index (χ1) is 18.2. The topological polar surface area (TPSA) is 70.9 Å². The van der Waals surface area contributed by atoms with E-state index in [1.165, 1.54) is 0 Å². The predicted molar refractivity (Wildman–Crippen MR) is 146 cm³/mol. The van der Waals surface area contributed by atoms with Crippen LogP contribution in [0.2, 0.25) is 0 Å². The maximum Gasteiger partial charge on any atom is 0.552 e. The summed E-state index contributed by atoms with van der Waals surface area (Å²) in [5, 5.41) is 0. The fourth-order valence-corrected chi connectivity index (χ4v) is 4.41. The van der Waals surface area contributed by atoms with Crippen molar-refractivity contribution in [3.8, 4) is 23.0 Å². The highest BCUT2D eigenvalue weighted by atomic mass is 16.6. The highest BCUT2D eigenvalue weighted by Gasteiger charge is 2.39. The molecule has 2 aliphatic heterocycles. The van der Waals surface area contributed by atoms with Gasteiger partial charge in [0.05, 0.1) is 36.7 Å². The van der Waals surface area contributed by atoms with Crippen molar-refractivity contribution >= 4 is 49.0 Å². The Kier molecular flexibility index (Phi) is 6.12. The molecule has 0 radical (unpaired) electrons. The Morgan fingerprint density at radius 3 is 1.49 bits per heavy atom. The highest BCUT2D eigenvalue weighted by Crippen LogP contribution is 2.32. The van der Waals surface area contributed by atoms with Gasteiger partial charge in [-0.15, -0.1) is 0 Å². The van der Waals surface area contributed by atoms with Gasteiger partial charge in [0, 0.05) is 23.4 Å². The smallest absolute Gasteiger partial charge is 0.532 e. The summed E-state index contributed by atoms with van der Waals surface area (Å²) in [6, 6.07) is 26.6. The van der Waals surface area contributed by atoms with Crippen molar-refractivity contribution in [1.82, 2.24) is 0 Å². The Labute approximate surface area is 215 Å². The van der Waals surface area contributed by atoms with E-state index in [9.17, 15) is 0 Å². The molecule has 4 aromatic carbocycles. The second-order valence-corrected chi connectivity index (χ2v) is 8.41. The quantitative estimate of drug-likeness (QED) is 0.398. The second kappa shape index (κ2) is 9.87. The maximum atomic E-state index is 6.64. The van der Waals surface area contributed by atoms with Crippen LogP contribution in [0.5, 0.6) is 23.0 Å². The number of para-hydroxylation sites is 2. The van der Waals surface area contributed by atoms with E-state index in [-0.39, 0.29) is 0 Å². The summed E-state index contributed by atoms with van der Waals surface area (Å²) in [7, 11) is 1.54. The third kappa shape index (κ3) is 4.34. The van der Waals surface area contributed by atoms with E-state index in [1.807, 2.05) is 84.9 Å². The van der Waals surface area contributed by atoms with E-state index in [4.69, 9.17) is 33.3 Å². The van der Waals surface area contributed by atoms with Gasteiger partial charge in [0.15, 0.2) is 0 Å². The second-order valence-electron chi connectivity index (χ2n) is 8.41. The van der Waals surface area contributed by atoms with Crippen molar-refractivity contribution in [1.29, 1.82) is 0 Å². The van der Waals surface area contributed by atoms with Gasteiger partial charge in [-0.3, -0.25) is 9.98 Å². The number of methoxy groups -OCH3 is 2. The number of aliphatic imine (C=N–C) groups is 2. The Bertz CT molecular complexity index is 1410. The third-order valence-corrected chi connectivity index (χ3v) is 6.25. The van der Waals surface area contributed by atoms with Gasteiger partial charge in [0.2, 0.25) is 0 Å². The largest absolute Gasteiger partial charge is 0.552 e. The van der Waals surface area contributed by atoms with Crippen LogP contribution in [-0.2, 0) is 4.57 Å². The Hall–Kier alpha value is -4.49. The lowest BCUT2D eigenvalue weighted by Gasteiger charge is -2.26. The number of fused-ring (bicyclic) bond motifs is 8. The third-order valence-electron chi connectivity index (χ3n) is 6.25. The van der Waals surface area contributed by atoms with Crippen molar-refractivity contribution in [3.05, 3.63) is 96.1 Å². The van der Waals surface area contributed by atoms with E-state index in [0.717, 1.165) is 10.9 Å². The van der Waals surface area contributed by atoms with Gasteiger partial charge in [0.25, 0.3) is 0 Å². The number of benzene rings is 4. The highest BCUT2D eigenvalue weighted by molar-refractivity contribution is 6.76. The van der Waals surface area contributed by atoms with Crippen molar-refractivity contribution in [2.75, 3.05) is 14.2 Å². The average molecular weight is 488 g/mol. The van der Waals surface area contributed by atoms with Crippen molar-refractivity contribution in [3.63, 3.8) is 0 Å². The summed E-state index contributed by atoms with van der Waals surface area (Å²) < 4.78 is 30.9. The SMILES string of the molecule is COc1cccc2c1C=Nc1ccccc1B1OB(O2)c2ccccc2N=Cc2c(OC)cccc2O1. The first-order valence-corrected chi connectivity index (χ1v) is 11.8. The molecule has 0 aromatic heterocycles. The normalized spacial score (nSPS) is 13.7. The monoisotopic (exact) mass is 488 g/mol. The summed E-state index contributed by atoms with van der Waals surface area (Å²) in [4.78, 5) is 9.56. The molecule has 0 spiro atoms. The molecule has 37 heavy (non-hydrogen) atoms. The Balaban J connectivity index is 1.62. The van der Waals surface area contributed by atoms with E-state index < -0.39 is 14.2 Å². The van der Waals surface area contributed by atoms with Crippen molar-refractivity contribution < 1.29 is 23.4 Å². The molecule has 180 valence electrons. The molecule has 0 saturated heterocycles. The van der Waals surface area contributed by atoms with E-state index in [0.29, 0.717) is 45.5 Å². The summed E-state index contributed by atoms with van der Waals surface area (Å²) in [6.07, 6.45) is 3.50. The summed E-state index contributed by atoms with van der Waals surface area (Å²) in [6.45, 7) is 0. The van der Waals surface area contributed by atoms with Gasteiger partial charge in [-0.05, 0) is 36.4 Å². The minimum Gasteiger partial charge on any atom is -0.532 e. The van der Waals surface area contributed by atoms with E-state index >= 15 is 0 Å². The van der Waals surface area contributed by atoms with Crippen LogP contribution in [0.1, 0.15) is 11.1 Å². The van der Waals surface area contributed by atoms with Crippen LogP contribution >= 0.6 is 0 Å². The molecule has 2 heterocycles. The predicted octanol–water partition coefficient (Wildman–Crippen LogP) is 4.10. The van der Waals surface area contributed by atoms with Crippen molar-refractivity contribution in [2.45, 2.75) is 0 Å². The van der Waals surface area contributed by atoms with Gasteiger partial charge < -0.3 is 23.4 Å². The number of hydrogen-bond donors (Lipinski definition) is 0. The minimum absolute atomic E-state index is 0.559. The van der Waals surface area contributed by atoms with Crippen molar-refractivity contribution in [2.24, 2.45) is 9.98 Å². The molecule has 4 aromatic rings. The molecular weight excluding hydrogens is 466 g/mol. The lowest BCUT2D eigenvalue weighted by Crippen LogP contribution is -2.51. The fraction of sp³-hybridized carbons (Fsp3) is 0.0714.